The van der Waals surface area contributed by atoms with Gasteiger partial charge in [0.05, 0.1) is 6.54 Å². The summed E-state index contributed by atoms with van der Waals surface area (Å²) in [4.78, 5) is 8.62. The van der Waals surface area contributed by atoms with Crippen molar-refractivity contribution in [3.8, 4) is 0 Å². The Balaban J connectivity index is 0.000000403. The van der Waals surface area contributed by atoms with Crippen LogP contribution in [0.2, 0.25) is 0 Å². The SMILES string of the molecule is C.C=C1C=CCN=C(C(C)C)N1.C=C1CC(C(C)C)=NC=CN1. The Morgan fingerprint density at radius 3 is 2.43 bits per heavy atom. The smallest absolute Gasteiger partial charge is 0.104 e. The molecule has 0 saturated carbocycles. The molecule has 23 heavy (non-hydrogen) atoms. The molecule has 0 unspecified atom stereocenters. The number of nitrogens with zero attached hydrogens (tertiary/aromatic N) is 2. The summed E-state index contributed by atoms with van der Waals surface area (Å²) in [5.41, 5.74) is 3.14. The molecule has 0 aromatic rings. The largest absolute Gasteiger partial charge is 0.364 e. The Morgan fingerprint density at radius 2 is 1.83 bits per heavy atom. The van der Waals surface area contributed by atoms with Crippen molar-refractivity contribution in [1.29, 1.82) is 0 Å². The van der Waals surface area contributed by atoms with Gasteiger partial charge in [-0.05, 0) is 12.0 Å². The number of allylic oxidation sites excluding steroid dienone is 2. The molecule has 2 aliphatic heterocycles. The first-order valence-corrected chi connectivity index (χ1v) is 7.72. The second-order valence-electron chi connectivity index (χ2n) is 5.95. The molecular weight excluding hydrogens is 284 g/mol. The van der Waals surface area contributed by atoms with Crippen LogP contribution in [0.3, 0.4) is 0 Å². The van der Waals surface area contributed by atoms with Gasteiger partial charge in [0.2, 0.25) is 0 Å². The molecule has 0 fully saturated rings. The molecule has 0 saturated heterocycles. The first-order valence-electron chi connectivity index (χ1n) is 7.72. The summed E-state index contributed by atoms with van der Waals surface area (Å²) in [7, 11) is 0. The molecule has 0 atom stereocenters. The van der Waals surface area contributed by atoms with E-state index in [1.54, 1.807) is 6.20 Å². The van der Waals surface area contributed by atoms with Gasteiger partial charge >= 0.3 is 0 Å². The van der Waals surface area contributed by atoms with E-state index < -0.39 is 0 Å². The van der Waals surface area contributed by atoms with Gasteiger partial charge in [-0.1, -0.05) is 54.4 Å². The normalized spacial score (nSPS) is 17.0. The Bertz CT molecular complexity index is 519. The topological polar surface area (TPSA) is 48.8 Å². The molecule has 0 aromatic heterocycles. The predicted octanol–water partition coefficient (Wildman–Crippen LogP) is 4.41. The van der Waals surface area contributed by atoms with Crippen LogP contribution in [0.15, 0.2) is 59.1 Å². The number of hydrogen-bond acceptors (Lipinski definition) is 4. The van der Waals surface area contributed by atoms with Crippen molar-refractivity contribution in [3.63, 3.8) is 0 Å². The molecule has 0 aliphatic carbocycles. The zero-order valence-electron chi connectivity index (χ0n) is 14.2. The number of aliphatic imine (C=N–C) groups is 2. The van der Waals surface area contributed by atoms with Crippen molar-refractivity contribution >= 4 is 11.5 Å². The van der Waals surface area contributed by atoms with Crippen LogP contribution in [0.1, 0.15) is 41.5 Å². The standard InChI is InChI=1S/2C9H14N2.CH4/c1-7(2)9-6-8(3)10-4-5-11-9;1-7(2)9-10-6-4-5-8(3)11-9;/h4-5,7,10H,3,6H2,1-2H3;4-5,7H,3,6H2,1-2H3,(H,10,11);1H4. The minimum Gasteiger partial charge on any atom is -0.364 e. The maximum absolute atomic E-state index is 4.33. The van der Waals surface area contributed by atoms with E-state index in [4.69, 9.17) is 0 Å². The molecule has 0 aromatic carbocycles. The molecule has 0 spiro atoms. The number of rotatable bonds is 2. The van der Waals surface area contributed by atoms with Crippen molar-refractivity contribution in [3.05, 3.63) is 49.1 Å². The third-order valence-corrected chi connectivity index (χ3v) is 3.18. The van der Waals surface area contributed by atoms with E-state index in [1.165, 1.54) is 5.71 Å². The van der Waals surface area contributed by atoms with Gasteiger partial charge in [-0.3, -0.25) is 9.98 Å². The lowest BCUT2D eigenvalue weighted by Gasteiger charge is -2.10. The quantitative estimate of drug-likeness (QED) is 0.792. The van der Waals surface area contributed by atoms with E-state index in [0.717, 1.165) is 30.2 Å². The van der Waals surface area contributed by atoms with Crippen LogP contribution in [0.5, 0.6) is 0 Å². The van der Waals surface area contributed by atoms with Crippen LogP contribution in [0.4, 0.5) is 0 Å². The van der Waals surface area contributed by atoms with Crippen LogP contribution in [0.25, 0.3) is 0 Å². The monoisotopic (exact) mass is 316 g/mol. The number of hydrogen-bond donors (Lipinski definition) is 2. The van der Waals surface area contributed by atoms with Crippen molar-refractivity contribution in [2.75, 3.05) is 6.54 Å². The van der Waals surface area contributed by atoms with Crippen molar-refractivity contribution in [2.45, 2.75) is 41.5 Å². The molecule has 2 rings (SSSR count). The Kier molecular flexibility index (Phi) is 9.63. The highest BCUT2D eigenvalue weighted by molar-refractivity contribution is 5.88. The fourth-order valence-electron chi connectivity index (χ4n) is 1.88. The second-order valence-corrected chi connectivity index (χ2v) is 5.95. The zero-order valence-corrected chi connectivity index (χ0v) is 14.2. The van der Waals surface area contributed by atoms with Gasteiger partial charge in [0.25, 0.3) is 0 Å². The van der Waals surface area contributed by atoms with E-state index in [-0.39, 0.29) is 7.43 Å². The Morgan fingerprint density at radius 1 is 1.13 bits per heavy atom. The van der Waals surface area contributed by atoms with Crippen LogP contribution < -0.4 is 10.6 Å². The maximum Gasteiger partial charge on any atom is 0.104 e. The minimum absolute atomic E-state index is 0. The molecule has 0 amide bonds. The van der Waals surface area contributed by atoms with Crippen LogP contribution in [-0.4, -0.2) is 18.1 Å². The molecule has 2 N–H and O–H groups in total. The van der Waals surface area contributed by atoms with E-state index in [2.05, 4.69) is 61.5 Å². The van der Waals surface area contributed by atoms with Gasteiger partial charge in [-0.15, -0.1) is 0 Å². The van der Waals surface area contributed by atoms with Gasteiger partial charge in [0.1, 0.15) is 5.84 Å². The third kappa shape index (κ3) is 8.19. The summed E-state index contributed by atoms with van der Waals surface area (Å²) in [5.74, 6) is 1.99. The van der Waals surface area contributed by atoms with E-state index in [0.29, 0.717) is 11.8 Å². The molecule has 0 bridgehead atoms. The summed E-state index contributed by atoms with van der Waals surface area (Å²) in [6, 6.07) is 0. The summed E-state index contributed by atoms with van der Waals surface area (Å²) < 4.78 is 0. The first-order chi connectivity index (χ1) is 10.4. The van der Waals surface area contributed by atoms with Crippen LogP contribution >= 0.6 is 0 Å². The zero-order chi connectivity index (χ0) is 16.5. The molecule has 4 nitrogen and oxygen atoms in total. The van der Waals surface area contributed by atoms with Gasteiger partial charge in [0.15, 0.2) is 0 Å². The second kappa shape index (κ2) is 10.6. The Labute approximate surface area is 141 Å². The average Bonchev–Trinajstić information content (AvgIpc) is 2.79. The lowest BCUT2D eigenvalue weighted by Crippen LogP contribution is -2.25. The number of nitrogens with one attached hydrogen (secondary N) is 2. The van der Waals surface area contributed by atoms with Crippen LogP contribution in [-0.2, 0) is 0 Å². The fraction of sp³-hybridized carbons (Fsp3) is 0.474. The molecule has 0 radical (unpaired) electrons. The van der Waals surface area contributed by atoms with E-state index in [9.17, 15) is 0 Å². The lowest BCUT2D eigenvalue weighted by atomic mass is 10.0. The van der Waals surface area contributed by atoms with Gasteiger partial charge < -0.3 is 10.6 Å². The van der Waals surface area contributed by atoms with Gasteiger partial charge in [0, 0.05) is 41.8 Å². The lowest BCUT2D eigenvalue weighted by molar-refractivity contribution is 0.837. The Hall–Kier alpha value is -2.10. The summed E-state index contributed by atoms with van der Waals surface area (Å²) in [6.45, 7) is 17.0. The number of amidine groups is 1. The molecule has 2 heterocycles. The van der Waals surface area contributed by atoms with E-state index >= 15 is 0 Å². The van der Waals surface area contributed by atoms with Gasteiger partial charge in [-0.25, -0.2) is 0 Å². The highest BCUT2D eigenvalue weighted by atomic mass is 15.0. The minimum atomic E-state index is 0. The molecule has 128 valence electrons. The molecule has 4 heteroatoms. The highest BCUT2D eigenvalue weighted by Gasteiger charge is 2.07. The summed E-state index contributed by atoms with van der Waals surface area (Å²) >= 11 is 0. The summed E-state index contributed by atoms with van der Waals surface area (Å²) in [6.07, 6.45) is 8.43. The fourth-order valence-corrected chi connectivity index (χ4v) is 1.88. The average molecular weight is 316 g/mol. The van der Waals surface area contributed by atoms with Crippen molar-refractivity contribution < 1.29 is 0 Å². The highest BCUT2D eigenvalue weighted by Crippen LogP contribution is 2.08. The molecular formula is C19H32N4. The first kappa shape index (κ1) is 20.9. The van der Waals surface area contributed by atoms with Crippen molar-refractivity contribution in [2.24, 2.45) is 21.8 Å². The van der Waals surface area contributed by atoms with Gasteiger partial charge in [-0.2, -0.15) is 0 Å². The third-order valence-electron chi connectivity index (χ3n) is 3.18. The van der Waals surface area contributed by atoms with Crippen molar-refractivity contribution in [1.82, 2.24) is 10.6 Å². The maximum atomic E-state index is 4.33. The predicted molar refractivity (Wildman–Crippen MR) is 104 cm³/mol. The van der Waals surface area contributed by atoms with E-state index in [1.807, 2.05) is 18.4 Å². The van der Waals surface area contributed by atoms with Crippen LogP contribution in [0, 0.1) is 11.8 Å². The summed E-state index contributed by atoms with van der Waals surface area (Å²) in [5, 5.41) is 6.19. The molecule has 2 aliphatic rings.